The van der Waals surface area contributed by atoms with Gasteiger partial charge in [-0.3, -0.25) is 4.79 Å². The third-order valence-corrected chi connectivity index (χ3v) is 7.47. The van der Waals surface area contributed by atoms with Gasteiger partial charge in [-0.1, -0.05) is 60.7 Å². The van der Waals surface area contributed by atoms with E-state index >= 15 is 0 Å². The van der Waals surface area contributed by atoms with E-state index in [1.165, 1.54) is 12.1 Å². The molecule has 1 spiro atoms. The summed E-state index contributed by atoms with van der Waals surface area (Å²) in [5, 5.41) is 0. The number of likely N-dealkylation sites (tertiary alicyclic amines) is 1. The highest BCUT2D eigenvalue weighted by atomic mass is 19.4. The maximum absolute atomic E-state index is 13.9. The predicted molar refractivity (Wildman–Crippen MR) is 135 cm³/mol. The van der Waals surface area contributed by atoms with Crippen molar-refractivity contribution in [1.82, 2.24) is 9.80 Å². The first-order valence-corrected chi connectivity index (χ1v) is 12.3. The standard InChI is InChI=1S/C29H28F3N3O2/c1-33-16-14-28(15-17-33)26(36)35(25-13-7-12-24(19-25)29(30,31)32)27(37)34(28)20-23-11-6-5-10-22(23)18-21-8-3-2-4-9-21/h2-13,19H,14-18,20H2,1H3. The van der Waals surface area contributed by atoms with Gasteiger partial charge in [-0.05, 0) is 61.2 Å². The second-order valence-corrected chi connectivity index (χ2v) is 9.82. The minimum absolute atomic E-state index is 0.0526. The number of imide groups is 1. The summed E-state index contributed by atoms with van der Waals surface area (Å²) in [6.07, 6.45) is -3.07. The number of amides is 3. The molecule has 0 radical (unpaired) electrons. The van der Waals surface area contributed by atoms with Crippen LogP contribution in [0.15, 0.2) is 78.9 Å². The normalized spacial score (nSPS) is 18.2. The van der Waals surface area contributed by atoms with Crippen LogP contribution < -0.4 is 4.90 Å². The first-order chi connectivity index (χ1) is 17.7. The van der Waals surface area contributed by atoms with E-state index in [1.54, 1.807) is 4.90 Å². The SMILES string of the molecule is CN1CCC2(CC1)C(=O)N(c1cccc(C(F)(F)F)c1)C(=O)N2Cc1ccccc1Cc1ccccc1. The molecule has 2 aliphatic heterocycles. The number of rotatable bonds is 5. The van der Waals surface area contributed by atoms with Gasteiger partial charge in [0, 0.05) is 19.6 Å². The van der Waals surface area contributed by atoms with E-state index in [0.29, 0.717) is 32.4 Å². The van der Waals surface area contributed by atoms with Crippen molar-refractivity contribution in [3.05, 3.63) is 101 Å². The van der Waals surface area contributed by atoms with Crippen LogP contribution in [-0.4, -0.2) is 47.4 Å². The zero-order valence-corrected chi connectivity index (χ0v) is 20.5. The van der Waals surface area contributed by atoms with Gasteiger partial charge in [0.25, 0.3) is 5.91 Å². The van der Waals surface area contributed by atoms with Gasteiger partial charge in [-0.2, -0.15) is 13.2 Å². The molecule has 3 aromatic carbocycles. The molecule has 37 heavy (non-hydrogen) atoms. The number of urea groups is 1. The van der Waals surface area contributed by atoms with Crippen LogP contribution in [0.4, 0.5) is 23.7 Å². The smallest absolute Gasteiger partial charge is 0.306 e. The van der Waals surface area contributed by atoms with Crippen LogP contribution in [-0.2, 0) is 23.9 Å². The molecule has 2 heterocycles. The third kappa shape index (κ3) is 4.73. The number of carbonyl (C=O) groups is 2. The Bertz CT molecular complexity index is 1300. The van der Waals surface area contributed by atoms with Crippen LogP contribution in [0.3, 0.4) is 0 Å². The quantitative estimate of drug-likeness (QED) is 0.415. The number of nitrogens with zero attached hydrogens (tertiary/aromatic N) is 3. The van der Waals surface area contributed by atoms with Crippen LogP contribution in [0.25, 0.3) is 0 Å². The Morgan fingerprint density at radius 3 is 2.16 bits per heavy atom. The van der Waals surface area contributed by atoms with E-state index < -0.39 is 29.2 Å². The molecule has 0 N–H and O–H groups in total. The summed E-state index contributed by atoms with van der Waals surface area (Å²) in [5.74, 6) is -0.453. The van der Waals surface area contributed by atoms with Gasteiger partial charge in [0.2, 0.25) is 0 Å². The van der Waals surface area contributed by atoms with Crippen molar-refractivity contribution in [1.29, 1.82) is 0 Å². The number of anilines is 1. The van der Waals surface area contributed by atoms with Crippen molar-refractivity contribution in [3.63, 3.8) is 0 Å². The van der Waals surface area contributed by atoms with Crippen LogP contribution in [0.1, 0.15) is 35.1 Å². The minimum atomic E-state index is -4.58. The van der Waals surface area contributed by atoms with E-state index in [1.807, 2.05) is 61.6 Å². The van der Waals surface area contributed by atoms with E-state index in [4.69, 9.17) is 0 Å². The monoisotopic (exact) mass is 507 g/mol. The van der Waals surface area contributed by atoms with Crippen molar-refractivity contribution >= 4 is 17.6 Å². The maximum atomic E-state index is 13.9. The molecule has 5 rings (SSSR count). The highest BCUT2D eigenvalue weighted by Crippen LogP contribution is 2.41. The molecule has 0 atom stereocenters. The molecule has 8 heteroatoms. The number of hydrogen-bond acceptors (Lipinski definition) is 3. The number of halogens is 3. The number of alkyl halides is 3. The van der Waals surface area contributed by atoms with Gasteiger partial charge in [-0.25, -0.2) is 9.69 Å². The third-order valence-electron chi connectivity index (χ3n) is 7.47. The lowest BCUT2D eigenvalue weighted by Crippen LogP contribution is -2.55. The lowest BCUT2D eigenvalue weighted by molar-refractivity contribution is -0.137. The summed E-state index contributed by atoms with van der Waals surface area (Å²) in [5.41, 5.74) is 1.03. The first-order valence-electron chi connectivity index (χ1n) is 12.3. The van der Waals surface area contributed by atoms with Gasteiger partial charge in [0.15, 0.2) is 0 Å². The summed E-state index contributed by atoms with van der Waals surface area (Å²) < 4.78 is 40.3. The molecule has 0 bridgehead atoms. The van der Waals surface area contributed by atoms with E-state index in [0.717, 1.165) is 33.7 Å². The summed E-state index contributed by atoms with van der Waals surface area (Å²) in [7, 11) is 1.96. The largest absolute Gasteiger partial charge is 0.416 e. The molecule has 2 aliphatic rings. The Hall–Kier alpha value is -3.65. The molecular weight excluding hydrogens is 479 g/mol. The number of carbonyl (C=O) groups excluding carboxylic acids is 2. The zero-order valence-electron chi connectivity index (χ0n) is 20.5. The molecule has 2 fully saturated rings. The highest BCUT2D eigenvalue weighted by molar-refractivity contribution is 6.23. The Morgan fingerprint density at radius 1 is 0.838 bits per heavy atom. The van der Waals surface area contributed by atoms with Crippen molar-refractivity contribution < 1.29 is 22.8 Å². The lowest BCUT2D eigenvalue weighted by Gasteiger charge is -2.41. The van der Waals surface area contributed by atoms with Crippen molar-refractivity contribution in [2.45, 2.75) is 37.5 Å². The van der Waals surface area contributed by atoms with Crippen LogP contribution in [0, 0.1) is 0 Å². The molecular formula is C29H28F3N3O2. The highest BCUT2D eigenvalue weighted by Gasteiger charge is 2.58. The van der Waals surface area contributed by atoms with E-state index in [9.17, 15) is 22.8 Å². The van der Waals surface area contributed by atoms with E-state index in [2.05, 4.69) is 4.90 Å². The van der Waals surface area contributed by atoms with Crippen molar-refractivity contribution in [2.24, 2.45) is 0 Å². The van der Waals surface area contributed by atoms with Crippen LogP contribution in [0.2, 0.25) is 0 Å². The summed E-state index contributed by atoms with van der Waals surface area (Å²) in [6, 6.07) is 21.6. The Balaban J connectivity index is 1.53. The number of hydrogen-bond donors (Lipinski definition) is 0. The molecule has 192 valence electrons. The van der Waals surface area contributed by atoms with Gasteiger partial charge >= 0.3 is 12.2 Å². The van der Waals surface area contributed by atoms with Crippen LogP contribution >= 0.6 is 0 Å². The molecule has 2 saturated heterocycles. The molecule has 3 aromatic rings. The van der Waals surface area contributed by atoms with Gasteiger partial charge < -0.3 is 9.80 Å². The fourth-order valence-corrected chi connectivity index (χ4v) is 5.32. The van der Waals surface area contributed by atoms with E-state index in [-0.39, 0.29) is 12.2 Å². The molecule has 5 nitrogen and oxygen atoms in total. The molecule has 3 amide bonds. The minimum Gasteiger partial charge on any atom is -0.306 e. The van der Waals surface area contributed by atoms with Gasteiger partial charge in [0.1, 0.15) is 5.54 Å². The topological polar surface area (TPSA) is 43.9 Å². The molecule has 0 saturated carbocycles. The fraction of sp³-hybridized carbons (Fsp3) is 0.310. The Kier molecular flexibility index (Phi) is 6.54. The van der Waals surface area contributed by atoms with Gasteiger partial charge in [0.05, 0.1) is 11.3 Å². The fourth-order valence-electron chi connectivity index (χ4n) is 5.32. The lowest BCUT2D eigenvalue weighted by atomic mass is 9.85. The van der Waals surface area contributed by atoms with Crippen molar-refractivity contribution in [2.75, 3.05) is 25.0 Å². The second-order valence-electron chi connectivity index (χ2n) is 9.82. The van der Waals surface area contributed by atoms with Gasteiger partial charge in [-0.15, -0.1) is 0 Å². The molecule has 0 aromatic heterocycles. The zero-order chi connectivity index (χ0) is 26.2. The van der Waals surface area contributed by atoms with Crippen molar-refractivity contribution in [3.8, 4) is 0 Å². The molecule has 0 aliphatic carbocycles. The number of benzene rings is 3. The Labute approximate surface area is 214 Å². The first kappa shape index (κ1) is 25.0. The van der Waals surface area contributed by atoms with Crippen LogP contribution in [0.5, 0.6) is 0 Å². The summed E-state index contributed by atoms with van der Waals surface area (Å²) >= 11 is 0. The molecule has 0 unspecified atom stereocenters. The predicted octanol–water partition coefficient (Wildman–Crippen LogP) is 5.73. The average Bonchev–Trinajstić information content (AvgIpc) is 3.08. The number of piperidine rings is 1. The second kappa shape index (κ2) is 9.67. The average molecular weight is 508 g/mol. The summed E-state index contributed by atoms with van der Waals surface area (Å²) in [4.78, 5) is 32.4. The maximum Gasteiger partial charge on any atom is 0.416 e. The Morgan fingerprint density at radius 2 is 1.49 bits per heavy atom. The summed E-state index contributed by atoms with van der Waals surface area (Å²) in [6.45, 7) is 1.42.